The summed E-state index contributed by atoms with van der Waals surface area (Å²) in [6.45, 7) is 5.10. The van der Waals surface area contributed by atoms with Gasteiger partial charge in [0, 0.05) is 25.8 Å². The van der Waals surface area contributed by atoms with Gasteiger partial charge >= 0.3 is 0 Å². The predicted octanol–water partition coefficient (Wildman–Crippen LogP) is 0.951. The number of nitrogens with zero attached hydrogens (tertiary/aromatic N) is 2. The molecule has 1 atom stereocenters. The third-order valence-corrected chi connectivity index (χ3v) is 4.47. The highest BCUT2D eigenvalue weighted by atomic mass is 16.5. The van der Waals surface area contributed by atoms with E-state index in [9.17, 15) is 4.79 Å². The lowest BCUT2D eigenvalue weighted by Gasteiger charge is -2.47. The number of rotatable bonds is 2. The molecule has 2 saturated heterocycles. The lowest BCUT2D eigenvalue weighted by atomic mass is 9.83. The van der Waals surface area contributed by atoms with Crippen molar-refractivity contribution in [2.24, 2.45) is 0 Å². The van der Waals surface area contributed by atoms with E-state index in [2.05, 4.69) is 21.3 Å². The number of hydrogen-bond acceptors (Lipinski definition) is 4. The zero-order valence-electron chi connectivity index (χ0n) is 11.8. The first kappa shape index (κ1) is 13.5. The maximum Gasteiger partial charge on any atom is 0.246 e. The van der Waals surface area contributed by atoms with E-state index in [1.807, 2.05) is 25.3 Å². The van der Waals surface area contributed by atoms with Crippen LogP contribution in [0.5, 0.6) is 0 Å². The molecule has 2 aliphatic rings. The van der Waals surface area contributed by atoms with Crippen LogP contribution in [0.1, 0.15) is 25.5 Å². The highest BCUT2D eigenvalue weighted by molar-refractivity contribution is 5.78. The van der Waals surface area contributed by atoms with E-state index in [0.29, 0.717) is 0 Å². The second-order valence-corrected chi connectivity index (χ2v) is 5.74. The largest absolute Gasteiger partial charge is 0.363 e. The number of likely N-dealkylation sites (tertiary alicyclic amines) is 1. The fourth-order valence-corrected chi connectivity index (χ4v) is 3.14. The summed E-state index contributed by atoms with van der Waals surface area (Å²) in [6.07, 6.45) is 3.76. The first-order valence-electron chi connectivity index (χ1n) is 7.24. The van der Waals surface area contributed by atoms with Crippen LogP contribution in [0.15, 0.2) is 24.4 Å². The molecule has 0 aliphatic carbocycles. The van der Waals surface area contributed by atoms with Gasteiger partial charge in [0.05, 0.1) is 17.3 Å². The van der Waals surface area contributed by atoms with E-state index < -0.39 is 0 Å². The Hall–Kier alpha value is -1.46. The van der Waals surface area contributed by atoms with Gasteiger partial charge in [0.25, 0.3) is 0 Å². The highest BCUT2D eigenvalue weighted by Crippen LogP contribution is 2.32. The molecule has 3 heterocycles. The van der Waals surface area contributed by atoms with E-state index in [0.717, 1.165) is 38.2 Å². The number of hydrogen-bond donors (Lipinski definition) is 1. The third kappa shape index (κ3) is 2.69. The molecule has 0 aromatic carbocycles. The molecule has 1 amide bonds. The number of carbonyl (C=O) groups excluding carboxylic acids is 1. The zero-order chi connectivity index (χ0) is 14.0. The van der Waals surface area contributed by atoms with Crippen LogP contribution >= 0.6 is 0 Å². The van der Waals surface area contributed by atoms with Gasteiger partial charge in [-0.05, 0) is 31.9 Å². The van der Waals surface area contributed by atoms with Crippen molar-refractivity contribution in [2.75, 3.05) is 19.7 Å². The summed E-state index contributed by atoms with van der Waals surface area (Å²) in [5, 5.41) is 3.01. The van der Waals surface area contributed by atoms with Gasteiger partial charge in [0.2, 0.25) is 5.91 Å². The standard InChI is InChI=1S/C15H21N3O2/c1-12-15(20-11-14(19)17-12)5-8-18(9-6-15)10-13-4-2-3-7-16-13/h2-4,7,12H,5-6,8-11H2,1H3,(H,17,19). The van der Waals surface area contributed by atoms with Gasteiger partial charge in [-0.1, -0.05) is 6.07 Å². The first-order valence-corrected chi connectivity index (χ1v) is 7.24. The van der Waals surface area contributed by atoms with E-state index in [1.165, 1.54) is 0 Å². The molecule has 108 valence electrons. The Kier molecular flexibility index (Phi) is 3.72. The number of piperidine rings is 1. The Balaban J connectivity index is 1.58. The summed E-state index contributed by atoms with van der Waals surface area (Å²) in [5.41, 5.74) is 0.934. The maximum atomic E-state index is 11.4. The average molecular weight is 275 g/mol. The normalized spacial score (nSPS) is 26.4. The molecule has 20 heavy (non-hydrogen) atoms. The minimum absolute atomic E-state index is 0.000889. The SMILES string of the molecule is CC1NC(=O)COC12CCN(Cc1ccccn1)CC2. The minimum Gasteiger partial charge on any atom is -0.363 e. The fourth-order valence-electron chi connectivity index (χ4n) is 3.14. The van der Waals surface area contributed by atoms with Crippen LogP contribution in [-0.4, -0.2) is 47.1 Å². The highest BCUT2D eigenvalue weighted by Gasteiger charge is 2.44. The molecule has 3 rings (SSSR count). The number of nitrogens with one attached hydrogen (secondary N) is 1. The molecular formula is C15H21N3O2. The third-order valence-electron chi connectivity index (χ3n) is 4.47. The monoisotopic (exact) mass is 275 g/mol. The Morgan fingerprint density at radius 3 is 2.90 bits per heavy atom. The van der Waals surface area contributed by atoms with E-state index in [-0.39, 0.29) is 24.2 Å². The van der Waals surface area contributed by atoms with Crippen LogP contribution in [0, 0.1) is 0 Å². The van der Waals surface area contributed by atoms with Crippen molar-refractivity contribution in [3.63, 3.8) is 0 Å². The second kappa shape index (κ2) is 5.50. The molecule has 0 radical (unpaired) electrons. The van der Waals surface area contributed by atoms with Crippen LogP contribution in [0.4, 0.5) is 0 Å². The summed E-state index contributed by atoms with van der Waals surface area (Å²) in [5.74, 6) is -0.000889. The maximum absolute atomic E-state index is 11.4. The Bertz CT molecular complexity index is 469. The van der Waals surface area contributed by atoms with Crippen LogP contribution < -0.4 is 5.32 Å². The van der Waals surface area contributed by atoms with Crippen molar-refractivity contribution >= 4 is 5.91 Å². The van der Waals surface area contributed by atoms with Crippen molar-refractivity contribution in [3.8, 4) is 0 Å². The van der Waals surface area contributed by atoms with Gasteiger partial charge in [-0.25, -0.2) is 0 Å². The molecule has 1 unspecified atom stereocenters. The van der Waals surface area contributed by atoms with Gasteiger partial charge in [0.1, 0.15) is 6.61 Å². The summed E-state index contributed by atoms with van der Waals surface area (Å²) >= 11 is 0. The lowest BCUT2D eigenvalue weighted by molar-refractivity contribution is -0.159. The van der Waals surface area contributed by atoms with Crippen molar-refractivity contribution in [1.29, 1.82) is 0 Å². The van der Waals surface area contributed by atoms with Crippen LogP contribution in [-0.2, 0) is 16.1 Å². The fraction of sp³-hybridized carbons (Fsp3) is 0.600. The van der Waals surface area contributed by atoms with Crippen LogP contribution in [0.3, 0.4) is 0 Å². The molecule has 1 N–H and O–H groups in total. The Morgan fingerprint density at radius 1 is 1.45 bits per heavy atom. The first-order chi connectivity index (χ1) is 9.68. The number of carbonyl (C=O) groups is 1. The number of amides is 1. The lowest BCUT2D eigenvalue weighted by Crippen LogP contribution is -2.62. The Labute approximate surface area is 119 Å². The zero-order valence-corrected chi connectivity index (χ0v) is 11.8. The average Bonchev–Trinajstić information content (AvgIpc) is 2.47. The minimum atomic E-state index is -0.172. The quantitative estimate of drug-likeness (QED) is 0.873. The number of pyridine rings is 1. The molecule has 5 nitrogen and oxygen atoms in total. The molecule has 1 aromatic rings. The van der Waals surface area contributed by atoms with Crippen molar-refractivity contribution in [2.45, 2.75) is 38.0 Å². The second-order valence-electron chi connectivity index (χ2n) is 5.74. The van der Waals surface area contributed by atoms with Gasteiger partial charge in [-0.2, -0.15) is 0 Å². The van der Waals surface area contributed by atoms with Gasteiger partial charge in [-0.15, -0.1) is 0 Å². The smallest absolute Gasteiger partial charge is 0.246 e. The van der Waals surface area contributed by atoms with E-state index >= 15 is 0 Å². The Morgan fingerprint density at radius 2 is 2.25 bits per heavy atom. The molecule has 5 heteroatoms. The number of aromatic nitrogens is 1. The number of ether oxygens (including phenoxy) is 1. The molecule has 0 saturated carbocycles. The summed E-state index contributed by atoms with van der Waals surface area (Å²) < 4.78 is 5.88. The van der Waals surface area contributed by atoms with Crippen molar-refractivity contribution in [3.05, 3.63) is 30.1 Å². The molecular weight excluding hydrogens is 254 g/mol. The summed E-state index contributed by atoms with van der Waals surface area (Å²) in [7, 11) is 0. The summed E-state index contributed by atoms with van der Waals surface area (Å²) in [4.78, 5) is 18.1. The summed E-state index contributed by atoms with van der Waals surface area (Å²) in [6, 6.07) is 6.12. The van der Waals surface area contributed by atoms with Gasteiger partial charge < -0.3 is 10.1 Å². The van der Waals surface area contributed by atoms with Crippen molar-refractivity contribution < 1.29 is 9.53 Å². The van der Waals surface area contributed by atoms with Gasteiger partial charge in [0.15, 0.2) is 0 Å². The van der Waals surface area contributed by atoms with E-state index in [4.69, 9.17) is 4.74 Å². The number of morpholine rings is 1. The van der Waals surface area contributed by atoms with Gasteiger partial charge in [-0.3, -0.25) is 14.7 Å². The predicted molar refractivity (Wildman–Crippen MR) is 75.0 cm³/mol. The van der Waals surface area contributed by atoms with Crippen LogP contribution in [0.2, 0.25) is 0 Å². The molecule has 2 aliphatic heterocycles. The molecule has 1 aromatic heterocycles. The van der Waals surface area contributed by atoms with Crippen molar-refractivity contribution in [1.82, 2.24) is 15.2 Å². The molecule has 0 bridgehead atoms. The molecule has 1 spiro atoms. The van der Waals surface area contributed by atoms with E-state index in [1.54, 1.807) is 0 Å². The molecule has 2 fully saturated rings. The van der Waals surface area contributed by atoms with Crippen LogP contribution in [0.25, 0.3) is 0 Å². The topological polar surface area (TPSA) is 54.5 Å².